The van der Waals surface area contributed by atoms with E-state index in [1.165, 1.54) is 24.1 Å². The first-order valence-corrected chi connectivity index (χ1v) is 10.9. The number of morpholine rings is 1. The summed E-state index contributed by atoms with van der Waals surface area (Å²) in [5, 5.41) is 4.85. The molecule has 0 radical (unpaired) electrons. The Kier molecular flexibility index (Phi) is 4.39. The second-order valence-electron chi connectivity index (χ2n) is 8.70. The monoisotopic (exact) mass is 405 g/mol. The fourth-order valence-electron chi connectivity index (χ4n) is 4.82. The Morgan fingerprint density at radius 3 is 2.97 bits per heavy atom. The van der Waals surface area contributed by atoms with Crippen LogP contribution >= 0.6 is 0 Å². The summed E-state index contributed by atoms with van der Waals surface area (Å²) in [6.07, 6.45) is 4.39. The number of rotatable bonds is 4. The normalized spacial score (nSPS) is 26.9. The van der Waals surface area contributed by atoms with Crippen molar-refractivity contribution in [3.63, 3.8) is 0 Å². The predicted molar refractivity (Wildman–Crippen MR) is 115 cm³/mol. The number of fused-ring (bicyclic) bond motifs is 2. The van der Waals surface area contributed by atoms with Crippen molar-refractivity contribution in [2.24, 2.45) is 0 Å². The van der Waals surface area contributed by atoms with Gasteiger partial charge in [-0.05, 0) is 37.8 Å². The van der Waals surface area contributed by atoms with Gasteiger partial charge in [0, 0.05) is 24.3 Å². The summed E-state index contributed by atoms with van der Waals surface area (Å²) in [7, 11) is 0. The maximum Gasteiger partial charge on any atom is 0.143 e. The molecule has 2 aromatic heterocycles. The van der Waals surface area contributed by atoms with E-state index in [0.717, 1.165) is 42.3 Å². The fourth-order valence-corrected chi connectivity index (χ4v) is 4.82. The van der Waals surface area contributed by atoms with Crippen molar-refractivity contribution >= 4 is 16.9 Å². The highest BCUT2D eigenvalue weighted by molar-refractivity contribution is 5.88. The maximum absolute atomic E-state index is 6.16. The van der Waals surface area contributed by atoms with Crippen LogP contribution < -0.4 is 10.1 Å². The Labute approximate surface area is 175 Å². The van der Waals surface area contributed by atoms with Gasteiger partial charge in [0.2, 0.25) is 0 Å². The molecular weight excluding hydrogens is 378 g/mol. The number of hydrogen-bond donors (Lipinski definition) is 2. The predicted octanol–water partition coefficient (Wildman–Crippen LogP) is 3.47. The second kappa shape index (κ2) is 7.25. The van der Waals surface area contributed by atoms with E-state index in [2.05, 4.69) is 56.4 Å². The second-order valence-corrected chi connectivity index (χ2v) is 8.70. The van der Waals surface area contributed by atoms with E-state index < -0.39 is 0 Å². The molecule has 2 aliphatic heterocycles. The average molecular weight is 406 g/mol. The summed E-state index contributed by atoms with van der Waals surface area (Å²) in [6.45, 7) is 5.36. The molecule has 3 aliphatic rings. The zero-order valence-electron chi connectivity index (χ0n) is 17.2. The maximum atomic E-state index is 6.16. The molecular formula is C23H27N5O2. The van der Waals surface area contributed by atoms with Gasteiger partial charge in [0.25, 0.3) is 0 Å². The summed E-state index contributed by atoms with van der Waals surface area (Å²) in [5.74, 6) is 2.49. The summed E-state index contributed by atoms with van der Waals surface area (Å²) >= 11 is 0. The molecule has 6 rings (SSSR count). The van der Waals surface area contributed by atoms with Crippen LogP contribution in [0.5, 0.6) is 5.75 Å². The van der Waals surface area contributed by atoms with Crippen molar-refractivity contribution < 1.29 is 9.47 Å². The molecule has 0 amide bonds. The van der Waals surface area contributed by atoms with Crippen molar-refractivity contribution in [2.75, 3.05) is 31.6 Å². The number of aromatic nitrogens is 3. The lowest BCUT2D eigenvalue weighted by atomic mass is 9.94. The van der Waals surface area contributed by atoms with Gasteiger partial charge in [0.1, 0.15) is 30.1 Å². The van der Waals surface area contributed by atoms with Crippen molar-refractivity contribution in [1.82, 2.24) is 19.9 Å². The van der Waals surface area contributed by atoms with E-state index >= 15 is 0 Å². The Bertz CT molecular complexity index is 1060. The SMILES string of the molecule is C[C@H]1CN([C@H]2COc3ccccc3[C@@H]2Nc2ncnc3[nH]c(C4CC4)cc23)CCO1. The molecule has 3 aromatic rings. The molecule has 1 saturated carbocycles. The highest BCUT2D eigenvalue weighted by Gasteiger charge is 2.37. The number of benzene rings is 1. The molecule has 4 heterocycles. The van der Waals surface area contributed by atoms with Crippen LogP contribution in [0.1, 0.15) is 43.0 Å². The van der Waals surface area contributed by atoms with Gasteiger partial charge in [-0.2, -0.15) is 0 Å². The van der Waals surface area contributed by atoms with Crippen molar-refractivity contribution in [3.8, 4) is 5.75 Å². The first-order valence-electron chi connectivity index (χ1n) is 10.9. The Morgan fingerprint density at radius 1 is 1.20 bits per heavy atom. The van der Waals surface area contributed by atoms with E-state index in [1.54, 1.807) is 6.33 Å². The minimum absolute atomic E-state index is 0.0811. The number of nitrogens with zero attached hydrogens (tertiary/aromatic N) is 3. The van der Waals surface area contributed by atoms with E-state index in [1.807, 2.05) is 6.07 Å². The Balaban J connectivity index is 1.38. The van der Waals surface area contributed by atoms with Crippen LogP contribution in [-0.4, -0.2) is 58.3 Å². The lowest BCUT2D eigenvalue weighted by molar-refractivity contribution is -0.0465. The molecule has 7 nitrogen and oxygen atoms in total. The van der Waals surface area contributed by atoms with Crippen LogP contribution in [0.4, 0.5) is 5.82 Å². The number of ether oxygens (including phenoxy) is 2. The minimum Gasteiger partial charge on any atom is -0.491 e. The lowest BCUT2D eigenvalue weighted by Gasteiger charge is -2.43. The first kappa shape index (κ1) is 18.2. The van der Waals surface area contributed by atoms with Gasteiger partial charge in [-0.25, -0.2) is 9.97 Å². The molecule has 2 fully saturated rings. The zero-order chi connectivity index (χ0) is 20.1. The number of para-hydroxylation sites is 1. The highest BCUT2D eigenvalue weighted by Crippen LogP contribution is 2.42. The van der Waals surface area contributed by atoms with Gasteiger partial charge in [-0.3, -0.25) is 4.90 Å². The van der Waals surface area contributed by atoms with E-state index in [0.29, 0.717) is 12.5 Å². The van der Waals surface area contributed by atoms with Gasteiger partial charge in [-0.1, -0.05) is 18.2 Å². The van der Waals surface area contributed by atoms with Gasteiger partial charge in [-0.15, -0.1) is 0 Å². The number of hydrogen-bond acceptors (Lipinski definition) is 6. The topological polar surface area (TPSA) is 75.3 Å². The molecule has 0 unspecified atom stereocenters. The number of anilines is 1. The van der Waals surface area contributed by atoms with Crippen LogP contribution in [0, 0.1) is 0 Å². The molecule has 3 atom stereocenters. The molecule has 0 bridgehead atoms. The summed E-state index contributed by atoms with van der Waals surface area (Å²) < 4.78 is 11.9. The molecule has 0 spiro atoms. The third-order valence-electron chi connectivity index (χ3n) is 6.55. The Hall–Kier alpha value is -2.64. The summed E-state index contributed by atoms with van der Waals surface area (Å²) in [5.41, 5.74) is 3.36. The first-order chi connectivity index (χ1) is 14.8. The van der Waals surface area contributed by atoms with Crippen LogP contribution in [0.25, 0.3) is 11.0 Å². The van der Waals surface area contributed by atoms with Gasteiger partial charge in [0.15, 0.2) is 0 Å². The average Bonchev–Trinajstić information content (AvgIpc) is 3.53. The minimum atomic E-state index is 0.0811. The number of aromatic amines is 1. The fraction of sp³-hybridized carbons (Fsp3) is 0.478. The molecule has 2 N–H and O–H groups in total. The number of H-pyrrole nitrogens is 1. The molecule has 30 heavy (non-hydrogen) atoms. The van der Waals surface area contributed by atoms with Gasteiger partial charge >= 0.3 is 0 Å². The number of nitrogens with one attached hydrogen (secondary N) is 2. The standard InChI is InChI=1S/C23H27N5O2/c1-14-11-28(8-9-29-14)19-12-30-20-5-3-2-4-16(20)21(19)27-23-17-10-18(15-6-7-15)26-22(17)24-13-25-23/h2-5,10,13-15,19,21H,6-9,11-12H2,1H3,(H2,24,25,26,27)/t14-,19-,21-/m0/s1. The molecule has 1 saturated heterocycles. The van der Waals surface area contributed by atoms with Crippen LogP contribution in [0.3, 0.4) is 0 Å². The van der Waals surface area contributed by atoms with Crippen molar-refractivity contribution in [1.29, 1.82) is 0 Å². The molecule has 7 heteroatoms. The quantitative estimate of drug-likeness (QED) is 0.692. The van der Waals surface area contributed by atoms with Gasteiger partial charge in [0.05, 0.1) is 30.2 Å². The van der Waals surface area contributed by atoms with E-state index in [9.17, 15) is 0 Å². The third kappa shape index (κ3) is 3.22. The molecule has 1 aliphatic carbocycles. The van der Waals surface area contributed by atoms with Gasteiger partial charge < -0.3 is 19.8 Å². The van der Waals surface area contributed by atoms with E-state index in [4.69, 9.17) is 9.47 Å². The third-order valence-corrected chi connectivity index (χ3v) is 6.55. The molecule has 156 valence electrons. The highest BCUT2D eigenvalue weighted by atomic mass is 16.5. The summed E-state index contributed by atoms with van der Waals surface area (Å²) in [4.78, 5) is 15.1. The largest absolute Gasteiger partial charge is 0.491 e. The summed E-state index contributed by atoms with van der Waals surface area (Å²) in [6, 6.07) is 10.8. The van der Waals surface area contributed by atoms with Crippen molar-refractivity contribution in [2.45, 2.75) is 43.9 Å². The van der Waals surface area contributed by atoms with Crippen LogP contribution in [0.2, 0.25) is 0 Å². The smallest absolute Gasteiger partial charge is 0.143 e. The lowest BCUT2D eigenvalue weighted by Crippen LogP contribution is -2.54. The Morgan fingerprint density at radius 2 is 2.10 bits per heavy atom. The van der Waals surface area contributed by atoms with Crippen LogP contribution in [0.15, 0.2) is 36.7 Å². The van der Waals surface area contributed by atoms with Crippen LogP contribution in [-0.2, 0) is 4.74 Å². The zero-order valence-corrected chi connectivity index (χ0v) is 17.2. The van der Waals surface area contributed by atoms with Crippen molar-refractivity contribution in [3.05, 3.63) is 47.9 Å². The molecule has 1 aromatic carbocycles. The van der Waals surface area contributed by atoms with E-state index in [-0.39, 0.29) is 18.2 Å².